The maximum atomic E-state index is 14.2. The Balaban J connectivity index is 1.26. The van der Waals surface area contributed by atoms with Crippen LogP contribution in [-0.4, -0.2) is 48.1 Å². The van der Waals surface area contributed by atoms with Crippen LogP contribution in [0.1, 0.15) is 22.5 Å². The van der Waals surface area contributed by atoms with Gasteiger partial charge in [0.1, 0.15) is 22.6 Å². The third-order valence-corrected chi connectivity index (χ3v) is 9.93. The molecule has 1 atom stereocenters. The summed E-state index contributed by atoms with van der Waals surface area (Å²) >= 11 is 13.1. The highest BCUT2D eigenvalue weighted by molar-refractivity contribution is 7.92. The molecule has 3 aromatic heterocycles. The summed E-state index contributed by atoms with van der Waals surface area (Å²) in [6, 6.07) is 15.2. The summed E-state index contributed by atoms with van der Waals surface area (Å²) in [6.45, 7) is 1.30. The zero-order valence-corrected chi connectivity index (χ0v) is 25.4. The molecule has 4 N–H and O–H groups in total. The summed E-state index contributed by atoms with van der Waals surface area (Å²) in [4.78, 5) is 19.1. The van der Waals surface area contributed by atoms with Gasteiger partial charge in [-0.15, -0.1) is 11.3 Å². The molecular weight excluding hydrogens is 636 g/mol. The van der Waals surface area contributed by atoms with Gasteiger partial charge in [-0.05, 0) is 61.4 Å². The number of carbonyl (C=O) groups is 1. The van der Waals surface area contributed by atoms with Gasteiger partial charge in [0, 0.05) is 35.4 Å². The molecule has 1 aliphatic rings. The fourth-order valence-corrected chi connectivity index (χ4v) is 7.45. The van der Waals surface area contributed by atoms with Gasteiger partial charge < -0.3 is 16.0 Å². The van der Waals surface area contributed by atoms with Crippen molar-refractivity contribution in [3.8, 4) is 11.3 Å². The zero-order chi connectivity index (χ0) is 30.3. The van der Waals surface area contributed by atoms with E-state index in [2.05, 4.69) is 25.0 Å². The normalized spacial score (nSPS) is 15.5. The second-order valence-corrected chi connectivity index (χ2v) is 13.7. The number of anilines is 3. The lowest BCUT2D eigenvalue weighted by molar-refractivity contribution is 0.0937. The van der Waals surface area contributed by atoms with Crippen molar-refractivity contribution < 1.29 is 17.6 Å². The Bertz CT molecular complexity index is 1950. The molecule has 0 aliphatic carbocycles. The second-order valence-electron chi connectivity index (χ2n) is 9.94. The number of nitrogens with zero attached hydrogens (tertiary/aromatic N) is 4. The van der Waals surface area contributed by atoms with E-state index in [9.17, 15) is 17.6 Å². The van der Waals surface area contributed by atoms with Gasteiger partial charge in [0.15, 0.2) is 5.82 Å². The topological polar surface area (TPSA) is 135 Å². The maximum Gasteiger partial charge on any atom is 0.264 e. The number of fused-ring (bicyclic) bond motifs is 1. The van der Waals surface area contributed by atoms with Crippen LogP contribution in [0.5, 0.6) is 0 Å². The van der Waals surface area contributed by atoms with E-state index < -0.39 is 20.7 Å². The molecule has 0 spiro atoms. The van der Waals surface area contributed by atoms with E-state index in [1.165, 1.54) is 23.7 Å². The molecule has 0 radical (unpaired) electrons. The van der Waals surface area contributed by atoms with Crippen LogP contribution in [0.2, 0.25) is 9.36 Å². The largest absolute Gasteiger partial charge is 0.382 e. The van der Waals surface area contributed by atoms with Gasteiger partial charge in [0.2, 0.25) is 0 Å². The molecule has 0 bridgehead atoms. The van der Waals surface area contributed by atoms with Gasteiger partial charge >= 0.3 is 0 Å². The van der Waals surface area contributed by atoms with Gasteiger partial charge in [-0.3, -0.25) is 9.52 Å². The quantitative estimate of drug-likeness (QED) is 0.204. The van der Waals surface area contributed by atoms with Crippen LogP contribution in [0.3, 0.4) is 0 Å². The lowest BCUT2D eigenvalue weighted by Gasteiger charge is -2.34. The molecule has 0 unspecified atom stereocenters. The van der Waals surface area contributed by atoms with Crippen LogP contribution in [0, 0.1) is 5.82 Å². The zero-order valence-electron chi connectivity index (χ0n) is 22.3. The number of hydrogen-bond donors (Lipinski definition) is 3. The summed E-state index contributed by atoms with van der Waals surface area (Å²) in [6.07, 6.45) is 3.03. The standard InChI is InChI=1S/C28H24Cl2FN7O3S2/c29-17-5-8-20(31)24(12-17)43(40,41)36-18-6-3-16(4-7-18)21-13-22(26-27(32)33-15-34-38(21)26)37-11-1-2-19(14-37)35-28(39)23-9-10-25(30)42-23/h3-10,12-13,15,19,36H,1-2,11,14H2,(H,35,39)(H2,32,33,34)/t19-/m1/s1. The Hall–Kier alpha value is -3.91. The van der Waals surface area contributed by atoms with Crippen molar-refractivity contribution in [3.63, 3.8) is 0 Å². The van der Waals surface area contributed by atoms with Crippen molar-refractivity contribution in [3.05, 3.63) is 87.0 Å². The first-order valence-corrected chi connectivity index (χ1v) is 16.2. The van der Waals surface area contributed by atoms with Crippen LogP contribution in [0.15, 0.2) is 71.9 Å². The molecule has 4 heterocycles. The smallest absolute Gasteiger partial charge is 0.264 e. The van der Waals surface area contributed by atoms with Crippen molar-refractivity contribution in [1.82, 2.24) is 19.9 Å². The van der Waals surface area contributed by atoms with E-state index in [1.54, 1.807) is 40.9 Å². The lowest BCUT2D eigenvalue weighted by atomic mass is 10.0. The molecule has 2 aromatic carbocycles. The fraction of sp³-hybridized carbons (Fsp3) is 0.179. The van der Waals surface area contributed by atoms with Crippen LogP contribution < -0.4 is 20.7 Å². The Morgan fingerprint density at radius 2 is 1.88 bits per heavy atom. The summed E-state index contributed by atoms with van der Waals surface area (Å²) < 4.78 is 44.5. The number of halogens is 3. The summed E-state index contributed by atoms with van der Waals surface area (Å²) in [7, 11) is -4.22. The number of benzene rings is 2. The molecule has 10 nitrogen and oxygen atoms in total. The molecule has 1 aliphatic heterocycles. The number of thiophene rings is 1. The minimum absolute atomic E-state index is 0.0944. The Morgan fingerprint density at radius 3 is 2.63 bits per heavy atom. The molecule has 1 amide bonds. The first-order valence-electron chi connectivity index (χ1n) is 13.1. The van der Waals surface area contributed by atoms with E-state index >= 15 is 0 Å². The number of nitrogens with one attached hydrogen (secondary N) is 2. The average molecular weight is 661 g/mol. The molecule has 15 heteroatoms. The summed E-state index contributed by atoms with van der Waals surface area (Å²) in [5, 5.41) is 7.64. The van der Waals surface area contributed by atoms with Crippen LogP contribution in [-0.2, 0) is 10.0 Å². The monoisotopic (exact) mass is 659 g/mol. The van der Waals surface area contributed by atoms with Crippen LogP contribution >= 0.6 is 34.5 Å². The summed E-state index contributed by atoms with van der Waals surface area (Å²) in [5.41, 5.74) is 9.43. The molecule has 222 valence electrons. The molecule has 5 aromatic rings. The van der Waals surface area contributed by atoms with Crippen LogP contribution in [0.4, 0.5) is 21.6 Å². The van der Waals surface area contributed by atoms with Crippen molar-refractivity contribution >= 4 is 73.2 Å². The van der Waals surface area contributed by atoms with Gasteiger partial charge in [-0.1, -0.05) is 35.3 Å². The molecule has 1 saturated heterocycles. The first-order chi connectivity index (χ1) is 20.6. The highest BCUT2D eigenvalue weighted by atomic mass is 35.5. The Labute approximate surface area is 260 Å². The second kappa shape index (κ2) is 11.6. The molecule has 6 rings (SSSR count). The molecule has 1 fully saturated rings. The van der Waals surface area contributed by atoms with E-state index in [4.69, 9.17) is 28.9 Å². The van der Waals surface area contributed by atoms with E-state index in [1.807, 2.05) is 6.07 Å². The Morgan fingerprint density at radius 1 is 1.09 bits per heavy atom. The van der Waals surface area contributed by atoms with E-state index in [0.717, 1.165) is 42.8 Å². The minimum Gasteiger partial charge on any atom is -0.382 e. The third-order valence-electron chi connectivity index (χ3n) is 7.07. The minimum atomic E-state index is -4.22. The average Bonchev–Trinajstić information content (AvgIpc) is 3.60. The number of hydrogen-bond acceptors (Lipinski definition) is 8. The summed E-state index contributed by atoms with van der Waals surface area (Å²) in [5.74, 6) is -0.778. The van der Waals surface area contributed by atoms with E-state index in [0.29, 0.717) is 32.8 Å². The maximum absolute atomic E-state index is 14.2. The number of sulfonamides is 1. The Kier molecular flexibility index (Phi) is 7.90. The van der Waals surface area contributed by atoms with Gasteiger partial charge in [0.25, 0.3) is 15.9 Å². The number of aromatic nitrogens is 3. The first kappa shape index (κ1) is 29.2. The number of carbonyl (C=O) groups excluding carboxylic acids is 1. The predicted molar refractivity (Wildman–Crippen MR) is 167 cm³/mol. The van der Waals surface area contributed by atoms with Crippen molar-refractivity contribution in [2.75, 3.05) is 28.4 Å². The fourth-order valence-electron chi connectivity index (χ4n) is 5.10. The number of nitrogens with two attached hydrogens (primary N) is 1. The third kappa shape index (κ3) is 5.98. The van der Waals surface area contributed by atoms with E-state index in [-0.39, 0.29) is 22.7 Å². The van der Waals surface area contributed by atoms with Gasteiger partial charge in [0.05, 0.1) is 20.6 Å². The number of nitrogen functional groups attached to an aromatic ring is 1. The number of piperidine rings is 1. The predicted octanol–water partition coefficient (Wildman–Crippen LogP) is 5.69. The molecule has 43 heavy (non-hydrogen) atoms. The van der Waals surface area contributed by atoms with Gasteiger partial charge in [-0.2, -0.15) is 5.10 Å². The lowest BCUT2D eigenvalue weighted by Crippen LogP contribution is -2.47. The SMILES string of the molecule is Nc1ncnn2c(-c3ccc(NS(=O)(=O)c4cc(Cl)ccc4F)cc3)cc(N3CCC[C@@H](NC(=O)c4ccc(Cl)s4)C3)c12. The highest BCUT2D eigenvalue weighted by Crippen LogP contribution is 2.36. The van der Waals surface area contributed by atoms with Gasteiger partial charge in [-0.25, -0.2) is 22.3 Å². The van der Waals surface area contributed by atoms with Crippen LogP contribution in [0.25, 0.3) is 16.8 Å². The number of amides is 1. The highest BCUT2D eigenvalue weighted by Gasteiger charge is 2.27. The van der Waals surface area contributed by atoms with Crippen molar-refractivity contribution in [1.29, 1.82) is 0 Å². The molecule has 0 saturated carbocycles. The van der Waals surface area contributed by atoms with Crippen molar-refractivity contribution in [2.24, 2.45) is 0 Å². The number of rotatable bonds is 7. The molecular formula is C28H24Cl2FN7O3S2. The van der Waals surface area contributed by atoms with Crippen molar-refractivity contribution in [2.45, 2.75) is 23.8 Å².